The van der Waals surface area contributed by atoms with Crippen molar-refractivity contribution in [3.63, 3.8) is 0 Å². The van der Waals surface area contributed by atoms with Crippen LogP contribution in [0.25, 0.3) is 10.9 Å². The first kappa shape index (κ1) is 23.7. The number of hydrogen-bond acceptors (Lipinski definition) is 4. The molecule has 0 atom stereocenters. The quantitative estimate of drug-likeness (QED) is 0.376. The number of ketones is 1. The highest BCUT2D eigenvalue weighted by Gasteiger charge is 2.26. The van der Waals surface area contributed by atoms with Gasteiger partial charge in [-0.1, -0.05) is 50.2 Å². The molecular formula is C24H28N2O5. The number of carboxylic acids is 1. The van der Waals surface area contributed by atoms with Crippen LogP contribution in [0.3, 0.4) is 0 Å². The number of phenols is 1. The van der Waals surface area contributed by atoms with Gasteiger partial charge < -0.3 is 20.5 Å². The third kappa shape index (κ3) is 5.72. The van der Waals surface area contributed by atoms with E-state index in [9.17, 15) is 19.5 Å². The van der Waals surface area contributed by atoms with Crippen molar-refractivity contribution in [2.45, 2.75) is 46.1 Å². The molecule has 1 heterocycles. The number of phenolic OH excluding ortho intramolecular Hbond substituents is 1. The summed E-state index contributed by atoms with van der Waals surface area (Å²) in [6.07, 6.45) is 2.35. The van der Waals surface area contributed by atoms with Crippen LogP contribution in [0.1, 0.15) is 48.3 Å². The zero-order chi connectivity index (χ0) is 23.0. The van der Waals surface area contributed by atoms with Gasteiger partial charge >= 0.3 is 5.97 Å². The lowest BCUT2D eigenvalue weighted by Gasteiger charge is -2.10. The normalized spacial score (nSPS) is 10.4. The molecular weight excluding hydrogens is 396 g/mol. The van der Waals surface area contributed by atoms with Gasteiger partial charge in [-0.25, -0.2) is 0 Å². The van der Waals surface area contributed by atoms with Crippen molar-refractivity contribution in [2.24, 2.45) is 5.73 Å². The van der Waals surface area contributed by atoms with Crippen LogP contribution in [0.5, 0.6) is 5.75 Å². The number of aryl methyl sites for hydroxylation is 2. The van der Waals surface area contributed by atoms with Crippen molar-refractivity contribution in [3.8, 4) is 5.75 Å². The number of fused-ring (bicyclic) bond motifs is 1. The van der Waals surface area contributed by atoms with Gasteiger partial charge in [-0.3, -0.25) is 14.4 Å². The van der Waals surface area contributed by atoms with Gasteiger partial charge in [0.2, 0.25) is 0 Å². The summed E-state index contributed by atoms with van der Waals surface area (Å²) in [6.45, 7) is 4.40. The van der Waals surface area contributed by atoms with E-state index >= 15 is 0 Å². The number of nitrogens with two attached hydrogens (primary N) is 1. The fourth-order valence-corrected chi connectivity index (χ4v) is 3.52. The summed E-state index contributed by atoms with van der Waals surface area (Å²) < 4.78 is 2.00. The molecule has 0 saturated heterocycles. The second-order valence-corrected chi connectivity index (χ2v) is 7.07. The number of aromatic hydroxyl groups is 1. The fraction of sp³-hybridized carbons (Fsp3) is 0.292. The standard InChI is InChI=1S/C20H20N2O3.C4H8O2/c1-2-14-18(19(24)20(21)25)17-15(9-6-10-16(17)23)22(14)12-11-13-7-4-3-5-8-13;1-2-3-4(5)6/h3-10,23H,2,11-12H2,1H3,(H2,21,25);2-3H2,1H3,(H,5,6). The van der Waals surface area contributed by atoms with Crippen LogP contribution < -0.4 is 5.73 Å². The van der Waals surface area contributed by atoms with Crippen molar-refractivity contribution in [3.05, 3.63) is 65.4 Å². The molecule has 1 amide bonds. The average molecular weight is 424 g/mol. The number of carbonyl (C=O) groups excluding carboxylic acids is 2. The van der Waals surface area contributed by atoms with E-state index in [0.29, 0.717) is 24.8 Å². The first-order chi connectivity index (χ1) is 14.8. The minimum absolute atomic E-state index is 0.0183. The maximum atomic E-state index is 12.4. The second-order valence-electron chi connectivity index (χ2n) is 7.07. The van der Waals surface area contributed by atoms with Crippen LogP contribution >= 0.6 is 0 Å². The third-order valence-electron chi connectivity index (χ3n) is 4.89. The van der Waals surface area contributed by atoms with Gasteiger partial charge in [0, 0.05) is 18.7 Å². The Morgan fingerprint density at radius 3 is 2.19 bits per heavy atom. The molecule has 0 saturated carbocycles. The van der Waals surface area contributed by atoms with Crippen LogP contribution in [0.4, 0.5) is 0 Å². The summed E-state index contributed by atoms with van der Waals surface area (Å²) >= 11 is 0. The molecule has 0 spiro atoms. The smallest absolute Gasteiger partial charge is 0.303 e. The van der Waals surface area contributed by atoms with E-state index in [1.807, 2.05) is 54.8 Å². The molecule has 0 aliphatic carbocycles. The van der Waals surface area contributed by atoms with Crippen LogP contribution in [-0.2, 0) is 29.0 Å². The summed E-state index contributed by atoms with van der Waals surface area (Å²) in [5, 5.41) is 18.6. The molecule has 2 aromatic carbocycles. The van der Waals surface area contributed by atoms with Gasteiger partial charge in [-0.2, -0.15) is 0 Å². The number of hydrogen-bond donors (Lipinski definition) is 3. The summed E-state index contributed by atoms with van der Waals surface area (Å²) in [4.78, 5) is 33.5. The molecule has 0 fully saturated rings. The predicted molar refractivity (Wildman–Crippen MR) is 119 cm³/mol. The Labute approximate surface area is 181 Å². The predicted octanol–water partition coefficient (Wildman–Crippen LogP) is 3.69. The molecule has 0 aliphatic heterocycles. The molecule has 0 radical (unpaired) electrons. The minimum atomic E-state index is -1.01. The van der Waals surface area contributed by atoms with Crippen molar-refractivity contribution < 1.29 is 24.6 Å². The van der Waals surface area contributed by atoms with E-state index in [-0.39, 0.29) is 11.3 Å². The maximum absolute atomic E-state index is 12.4. The van der Waals surface area contributed by atoms with Crippen LogP contribution in [0.15, 0.2) is 48.5 Å². The fourth-order valence-electron chi connectivity index (χ4n) is 3.52. The largest absolute Gasteiger partial charge is 0.507 e. The second kappa shape index (κ2) is 11.0. The summed E-state index contributed by atoms with van der Waals surface area (Å²) in [5.41, 5.74) is 8.07. The molecule has 7 nitrogen and oxygen atoms in total. The average Bonchev–Trinajstić information content (AvgIpc) is 3.07. The molecule has 31 heavy (non-hydrogen) atoms. The number of carbonyl (C=O) groups is 3. The maximum Gasteiger partial charge on any atom is 0.303 e. The van der Waals surface area contributed by atoms with Crippen molar-refractivity contribution in [1.29, 1.82) is 0 Å². The lowest BCUT2D eigenvalue weighted by molar-refractivity contribution is -0.137. The Kier molecular flexibility index (Phi) is 8.37. The highest BCUT2D eigenvalue weighted by Crippen LogP contribution is 2.34. The van der Waals surface area contributed by atoms with Crippen molar-refractivity contribution in [1.82, 2.24) is 4.57 Å². The number of primary amides is 1. The van der Waals surface area contributed by atoms with E-state index < -0.39 is 17.7 Å². The van der Waals surface area contributed by atoms with E-state index in [4.69, 9.17) is 10.8 Å². The van der Waals surface area contributed by atoms with Gasteiger partial charge in [0.15, 0.2) is 0 Å². The summed E-state index contributed by atoms with van der Waals surface area (Å²) in [6, 6.07) is 15.1. The Morgan fingerprint density at radius 2 is 1.68 bits per heavy atom. The minimum Gasteiger partial charge on any atom is -0.507 e. The molecule has 4 N–H and O–H groups in total. The van der Waals surface area contributed by atoms with E-state index in [2.05, 4.69) is 0 Å². The molecule has 1 aromatic heterocycles. The van der Waals surface area contributed by atoms with Crippen LogP contribution in [-0.4, -0.2) is 32.4 Å². The van der Waals surface area contributed by atoms with Gasteiger partial charge in [-0.05, 0) is 37.0 Å². The molecule has 7 heteroatoms. The number of aromatic nitrogens is 1. The highest BCUT2D eigenvalue weighted by atomic mass is 16.4. The molecule has 3 rings (SSSR count). The zero-order valence-electron chi connectivity index (χ0n) is 17.8. The van der Waals surface area contributed by atoms with E-state index in [0.717, 1.165) is 24.1 Å². The van der Waals surface area contributed by atoms with E-state index in [1.54, 1.807) is 6.07 Å². The Morgan fingerprint density at radius 1 is 1.00 bits per heavy atom. The number of amides is 1. The Hall–Kier alpha value is -3.61. The van der Waals surface area contributed by atoms with E-state index in [1.165, 1.54) is 11.6 Å². The van der Waals surface area contributed by atoms with Gasteiger partial charge in [0.05, 0.1) is 16.5 Å². The Balaban J connectivity index is 0.000000501. The molecule has 3 aromatic rings. The molecule has 0 bridgehead atoms. The SMILES string of the molecule is CCCC(=O)O.CCc1c(C(=O)C(N)=O)c2c(O)cccc2n1CCc1ccccc1. The number of aliphatic carboxylic acids is 1. The van der Waals surface area contributed by atoms with Crippen molar-refractivity contribution >= 4 is 28.6 Å². The summed E-state index contributed by atoms with van der Waals surface area (Å²) in [5.74, 6) is -2.50. The number of Topliss-reactive ketones (excluding diaryl/α,β-unsaturated/α-hetero) is 1. The molecule has 164 valence electrons. The van der Waals surface area contributed by atoms with Crippen LogP contribution in [0.2, 0.25) is 0 Å². The number of rotatable bonds is 8. The topological polar surface area (TPSA) is 123 Å². The van der Waals surface area contributed by atoms with Crippen molar-refractivity contribution in [2.75, 3.05) is 0 Å². The van der Waals surface area contributed by atoms with Gasteiger partial charge in [-0.15, -0.1) is 0 Å². The zero-order valence-corrected chi connectivity index (χ0v) is 17.8. The number of benzene rings is 2. The monoisotopic (exact) mass is 424 g/mol. The van der Waals surface area contributed by atoms with Gasteiger partial charge in [0.1, 0.15) is 5.75 Å². The first-order valence-corrected chi connectivity index (χ1v) is 10.2. The molecule has 0 unspecified atom stereocenters. The van der Waals surface area contributed by atoms with Gasteiger partial charge in [0.25, 0.3) is 11.7 Å². The lowest BCUT2D eigenvalue weighted by atomic mass is 10.0. The third-order valence-corrected chi connectivity index (χ3v) is 4.89. The number of nitrogens with zero attached hydrogens (tertiary/aromatic N) is 1. The number of carboxylic acid groups (broad SMARTS) is 1. The Bertz CT molecular complexity index is 1070. The van der Waals surface area contributed by atoms with Crippen LogP contribution in [0, 0.1) is 0 Å². The summed E-state index contributed by atoms with van der Waals surface area (Å²) in [7, 11) is 0. The lowest BCUT2D eigenvalue weighted by Crippen LogP contribution is -2.24. The molecule has 0 aliphatic rings. The first-order valence-electron chi connectivity index (χ1n) is 10.2. The highest BCUT2D eigenvalue weighted by molar-refractivity contribution is 6.45.